The maximum atomic E-state index is 13.6. The molecule has 0 aliphatic heterocycles. The maximum Gasteiger partial charge on any atom is 0.264 e. The van der Waals surface area contributed by atoms with Gasteiger partial charge in [-0.2, -0.15) is 0 Å². The first kappa shape index (κ1) is 27.8. The van der Waals surface area contributed by atoms with Crippen molar-refractivity contribution in [2.24, 2.45) is 0 Å². The fourth-order valence-corrected chi connectivity index (χ4v) is 5.35. The molecule has 0 aliphatic rings. The van der Waals surface area contributed by atoms with Gasteiger partial charge < -0.3 is 19.5 Å². The second kappa shape index (κ2) is 12.6. The van der Waals surface area contributed by atoms with Crippen molar-refractivity contribution < 1.29 is 27.4 Å². The second-order valence-electron chi connectivity index (χ2n) is 8.19. The number of ether oxygens (including phenoxy) is 3. The normalized spacial score (nSPS) is 10.9. The molecule has 10 heteroatoms. The fourth-order valence-electron chi connectivity index (χ4n) is 3.74. The number of nitrogens with one attached hydrogen (secondary N) is 1. The summed E-state index contributed by atoms with van der Waals surface area (Å²) in [6, 6.07) is 26.2. The molecule has 0 saturated carbocycles. The van der Waals surface area contributed by atoms with E-state index in [0.717, 1.165) is 4.31 Å². The number of nitrogens with zero attached hydrogens (tertiary/aromatic N) is 1. The quantitative estimate of drug-likeness (QED) is 0.227. The summed E-state index contributed by atoms with van der Waals surface area (Å²) in [6.45, 7) is 1.81. The number of carbonyl (C=O) groups excluding carboxylic acids is 1. The van der Waals surface area contributed by atoms with Gasteiger partial charge in [0.25, 0.3) is 10.0 Å². The molecule has 0 atom stereocenters. The summed E-state index contributed by atoms with van der Waals surface area (Å²) in [6.07, 6.45) is 0. The number of methoxy groups -OCH3 is 1. The Morgan fingerprint density at radius 3 is 2.21 bits per heavy atom. The molecule has 39 heavy (non-hydrogen) atoms. The molecule has 4 aromatic rings. The third-order valence-electron chi connectivity index (χ3n) is 5.56. The molecule has 0 heterocycles. The van der Waals surface area contributed by atoms with Crippen molar-refractivity contribution in [1.82, 2.24) is 0 Å². The first-order chi connectivity index (χ1) is 18.8. The van der Waals surface area contributed by atoms with Gasteiger partial charge in [-0.15, -0.1) is 0 Å². The number of para-hydroxylation sites is 2. The molecule has 0 fully saturated rings. The summed E-state index contributed by atoms with van der Waals surface area (Å²) in [5.74, 6) is 1.21. The van der Waals surface area contributed by atoms with Crippen molar-refractivity contribution in [2.75, 3.05) is 29.9 Å². The smallest absolute Gasteiger partial charge is 0.264 e. The minimum absolute atomic E-state index is 0.0506. The molecule has 0 radical (unpaired) electrons. The first-order valence-corrected chi connectivity index (χ1v) is 13.8. The van der Waals surface area contributed by atoms with Gasteiger partial charge in [-0.05, 0) is 73.7 Å². The zero-order chi connectivity index (χ0) is 27.8. The van der Waals surface area contributed by atoms with E-state index in [9.17, 15) is 13.2 Å². The van der Waals surface area contributed by atoms with Crippen LogP contribution in [0.25, 0.3) is 0 Å². The molecular formula is C29H27ClN2O6S. The lowest BCUT2D eigenvalue weighted by Gasteiger charge is -2.24. The maximum absolute atomic E-state index is 13.6. The van der Waals surface area contributed by atoms with Gasteiger partial charge in [0.15, 0.2) is 17.2 Å². The van der Waals surface area contributed by atoms with Gasteiger partial charge in [0.1, 0.15) is 12.3 Å². The summed E-state index contributed by atoms with van der Waals surface area (Å²) in [5.41, 5.74) is 0.566. The van der Waals surface area contributed by atoms with Crippen LogP contribution in [0.5, 0.6) is 23.0 Å². The van der Waals surface area contributed by atoms with Crippen molar-refractivity contribution >= 4 is 38.9 Å². The second-order valence-corrected chi connectivity index (χ2v) is 10.5. The number of benzene rings is 4. The minimum Gasteiger partial charge on any atom is -0.494 e. The highest BCUT2D eigenvalue weighted by molar-refractivity contribution is 7.92. The summed E-state index contributed by atoms with van der Waals surface area (Å²) in [5, 5.41) is 3.10. The fraction of sp³-hybridized carbons (Fsp3) is 0.138. The Kier molecular flexibility index (Phi) is 8.96. The zero-order valence-electron chi connectivity index (χ0n) is 21.3. The van der Waals surface area contributed by atoms with Crippen LogP contribution in [0.2, 0.25) is 5.02 Å². The molecule has 0 saturated heterocycles. The van der Waals surface area contributed by atoms with E-state index in [4.69, 9.17) is 25.8 Å². The summed E-state index contributed by atoms with van der Waals surface area (Å²) in [7, 11) is -2.56. The van der Waals surface area contributed by atoms with Gasteiger partial charge in [0.2, 0.25) is 5.91 Å². The van der Waals surface area contributed by atoms with E-state index >= 15 is 0 Å². The number of amides is 1. The van der Waals surface area contributed by atoms with Gasteiger partial charge >= 0.3 is 0 Å². The highest BCUT2D eigenvalue weighted by Crippen LogP contribution is 2.36. The van der Waals surface area contributed by atoms with Gasteiger partial charge in [0.05, 0.1) is 30.0 Å². The molecule has 4 aromatic carbocycles. The van der Waals surface area contributed by atoms with E-state index in [-0.39, 0.29) is 10.6 Å². The lowest BCUT2D eigenvalue weighted by molar-refractivity contribution is -0.114. The molecule has 1 amide bonds. The Balaban J connectivity index is 1.64. The van der Waals surface area contributed by atoms with E-state index in [2.05, 4.69) is 5.32 Å². The highest BCUT2D eigenvalue weighted by atomic mass is 35.5. The minimum atomic E-state index is -4.08. The highest BCUT2D eigenvalue weighted by Gasteiger charge is 2.27. The molecule has 202 valence electrons. The van der Waals surface area contributed by atoms with Gasteiger partial charge in [-0.1, -0.05) is 41.9 Å². The SMILES string of the molecule is CCOc1ccc(N(CC(=O)Nc2cc(Cl)ccc2Oc2ccccc2OC)S(=O)(=O)c2ccccc2)cc1. The monoisotopic (exact) mass is 566 g/mol. The number of carbonyl (C=O) groups is 1. The first-order valence-electron chi connectivity index (χ1n) is 12.0. The number of anilines is 2. The predicted molar refractivity (Wildman–Crippen MR) is 152 cm³/mol. The number of rotatable bonds is 11. The molecule has 0 spiro atoms. The lowest BCUT2D eigenvalue weighted by Crippen LogP contribution is -2.38. The Hall–Kier alpha value is -4.21. The molecule has 8 nitrogen and oxygen atoms in total. The van der Waals surface area contributed by atoms with Crippen LogP contribution in [-0.4, -0.2) is 34.6 Å². The van der Waals surface area contributed by atoms with Crippen LogP contribution >= 0.6 is 11.6 Å². The zero-order valence-corrected chi connectivity index (χ0v) is 22.9. The largest absolute Gasteiger partial charge is 0.494 e. The Morgan fingerprint density at radius 2 is 1.54 bits per heavy atom. The average Bonchev–Trinajstić information content (AvgIpc) is 2.94. The molecular weight excluding hydrogens is 540 g/mol. The van der Waals surface area contributed by atoms with Crippen LogP contribution < -0.4 is 23.8 Å². The number of sulfonamides is 1. The van der Waals surface area contributed by atoms with Crippen molar-refractivity contribution in [3.8, 4) is 23.0 Å². The summed E-state index contributed by atoms with van der Waals surface area (Å²) >= 11 is 6.21. The predicted octanol–water partition coefficient (Wildman–Crippen LogP) is 6.37. The Bertz CT molecular complexity index is 1530. The third-order valence-corrected chi connectivity index (χ3v) is 7.58. The van der Waals surface area contributed by atoms with Crippen LogP contribution in [0, 0.1) is 0 Å². The van der Waals surface area contributed by atoms with Crippen LogP contribution in [0.4, 0.5) is 11.4 Å². The topological polar surface area (TPSA) is 94.2 Å². The van der Waals surface area contributed by atoms with Crippen LogP contribution in [0.15, 0.2) is 102 Å². The van der Waals surface area contributed by atoms with Crippen molar-refractivity contribution in [3.63, 3.8) is 0 Å². The van der Waals surface area contributed by atoms with Gasteiger partial charge in [-0.25, -0.2) is 8.42 Å². The van der Waals surface area contributed by atoms with Crippen molar-refractivity contribution in [3.05, 3.63) is 102 Å². The number of halogens is 1. The van der Waals surface area contributed by atoms with Gasteiger partial charge in [-0.3, -0.25) is 9.10 Å². The van der Waals surface area contributed by atoms with E-state index < -0.39 is 22.5 Å². The van der Waals surface area contributed by atoms with Crippen LogP contribution in [0.1, 0.15) is 6.92 Å². The molecule has 4 rings (SSSR count). The van der Waals surface area contributed by atoms with Crippen molar-refractivity contribution in [1.29, 1.82) is 0 Å². The Morgan fingerprint density at radius 1 is 0.872 bits per heavy atom. The third kappa shape index (κ3) is 6.81. The summed E-state index contributed by atoms with van der Waals surface area (Å²) in [4.78, 5) is 13.4. The van der Waals surface area contributed by atoms with Crippen LogP contribution in [0.3, 0.4) is 0 Å². The molecule has 0 aliphatic carbocycles. The Labute approximate surface area is 232 Å². The van der Waals surface area contributed by atoms with E-state index in [1.165, 1.54) is 25.3 Å². The van der Waals surface area contributed by atoms with E-state index in [0.29, 0.717) is 40.3 Å². The molecule has 0 unspecified atom stereocenters. The molecule has 1 N–H and O–H groups in total. The van der Waals surface area contributed by atoms with Gasteiger partial charge in [0, 0.05) is 5.02 Å². The average molecular weight is 567 g/mol. The lowest BCUT2D eigenvalue weighted by atomic mass is 10.2. The molecule has 0 bridgehead atoms. The number of hydrogen-bond acceptors (Lipinski definition) is 6. The standard InChI is InChI=1S/C29H27ClN2O6S/c1-3-37-23-16-14-22(15-17-23)32(39(34,35)24-9-5-4-6-10-24)20-29(33)31-25-19-21(30)13-18-26(25)38-28-12-8-7-11-27(28)36-2/h4-19H,3,20H2,1-2H3,(H,31,33). The summed E-state index contributed by atoms with van der Waals surface area (Å²) < 4.78 is 45.1. The van der Waals surface area contributed by atoms with Crippen molar-refractivity contribution in [2.45, 2.75) is 11.8 Å². The number of hydrogen-bond donors (Lipinski definition) is 1. The molecule has 0 aromatic heterocycles. The van der Waals surface area contributed by atoms with E-state index in [1.54, 1.807) is 78.9 Å². The van der Waals surface area contributed by atoms with Crippen LogP contribution in [-0.2, 0) is 14.8 Å². The van der Waals surface area contributed by atoms with E-state index in [1.807, 2.05) is 6.92 Å².